The van der Waals surface area contributed by atoms with Crippen LogP contribution in [0.2, 0.25) is 0 Å². The van der Waals surface area contributed by atoms with Crippen LogP contribution in [0.1, 0.15) is 0 Å². The first-order valence-corrected chi connectivity index (χ1v) is 5.38. The molecule has 3 N–H and O–H groups in total. The Bertz CT molecular complexity index is 250. The number of alkyl halides is 3. The minimum absolute atomic E-state index is 0.0309. The predicted octanol–water partition coefficient (Wildman–Crippen LogP) is -0.697. The van der Waals surface area contributed by atoms with E-state index in [0.29, 0.717) is 0 Å². The molecule has 1 rings (SSSR count). The summed E-state index contributed by atoms with van der Waals surface area (Å²) in [5.41, 5.74) is 0. The zero-order valence-electron chi connectivity index (χ0n) is 8.54. The van der Waals surface area contributed by atoms with Gasteiger partial charge in [0.05, 0.1) is 6.10 Å². The van der Waals surface area contributed by atoms with Crippen molar-refractivity contribution < 1.29 is 38.0 Å². The normalized spacial score (nSPS) is 39.4. The van der Waals surface area contributed by atoms with Crippen LogP contribution in [0.4, 0.5) is 13.2 Å². The largest absolute Gasteiger partial charge is 0.411 e. The summed E-state index contributed by atoms with van der Waals surface area (Å²) in [5, 5.41) is 28.1. The van der Waals surface area contributed by atoms with Crippen molar-refractivity contribution in [1.29, 1.82) is 0 Å². The fourth-order valence-corrected chi connectivity index (χ4v) is 1.68. The van der Waals surface area contributed by atoms with Crippen LogP contribution in [0.3, 0.4) is 0 Å². The van der Waals surface area contributed by atoms with Crippen molar-refractivity contribution >= 4 is 12.6 Å². The molecule has 0 saturated carbocycles. The van der Waals surface area contributed by atoms with Crippen molar-refractivity contribution in [2.45, 2.75) is 36.9 Å². The molecule has 0 aromatic carbocycles. The van der Waals surface area contributed by atoms with Crippen molar-refractivity contribution in [2.75, 3.05) is 12.4 Å². The van der Waals surface area contributed by atoms with Crippen molar-refractivity contribution in [3.05, 3.63) is 0 Å². The van der Waals surface area contributed by atoms with E-state index in [-0.39, 0.29) is 5.75 Å². The lowest BCUT2D eigenvalue weighted by Crippen LogP contribution is -2.59. The van der Waals surface area contributed by atoms with E-state index in [1.165, 1.54) is 0 Å². The van der Waals surface area contributed by atoms with Crippen molar-refractivity contribution in [3.63, 3.8) is 0 Å². The predicted molar refractivity (Wildman–Crippen MR) is 52.5 cm³/mol. The van der Waals surface area contributed by atoms with Crippen LogP contribution >= 0.6 is 12.6 Å². The third-order valence-corrected chi connectivity index (χ3v) is 2.62. The van der Waals surface area contributed by atoms with E-state index in [1.54, 1.807) is 0 Å². The van der Waals surface area contributed by atoms with E-state index in [2.05, 4.69) is 17.4 Å². The number of hydrogen-bond donors (Lipinski definition) is 4. The maximum Gasteiger partial charge on any atom is 0.411 e. The second-order valence-corrected chi connectivity index (χ2v) is 3.99. The molecule has 1 fully saturated rings. The maximum atomic E-state index is 11.9. The molecular weight excluding hydrogens is 265 g/mol. The van der Waals surface area contributed by atoms with Gasteiger partial charge in [0.1, 0.15) is 24.9 Å². The number of hydrogen-bond acceptors (Lipinski definition) is 6. The third kappa shape index (κ3) is 3.97. The number of rotatable bonds is 3. The fourth-order valence-electron chi connectivity index (χ4n) is 1.38. The Kier molecular flexibility index (Phi) is 5.05. The molecule has 1 aliphatic heterocycles. The molecule has 0 unspecified atom stereocenters. The summed E-state index contributed by atoms with van der Waals surface area (Å²) >= 11 is 3.80. The Labute approximate surface area is 101 Å². The SMILES string of the molecule is O[C@@H]1[C@@H](O)[C@H](OCC(F)(F)F)O[C@H](CS)[C@H]1O. The van der Waals surface area contributed by atoms with E-state index in [4.69, 9.17) is 4.74 Å². The smallest absolute Gasteiger partial charge is 0.388 e. The van der Waals surface area contributed by atoms with Crippen molar-refractivity contribution in [2.24, 2.45) is 0 Å². The Morgan fingerprint density at radius 2 is 1.71 bits per heavy atom. The van der Waals surface area contributed by atoms with Crippen LogP contribution < -0.4 is 0 Å². The Balaban J connectivity index is 2.59. The number of aliphatic hydroxyl groups is 3. The van der Waals surface area contributed by atoms with Crippen LogP contribution in [0.5, 0.6) is 0 Å². The highest BCUT2D eigenvalue weighted by Crippen LogP contribution is 2.24. The highest BCUT2D eigenvalue weighted by atomic mass is 32.1. The van der Waals surface area contributed by atoms with Gasteiger partial charge in [-0.25, -0.2) is 0 Å². The van der Waals surface area contributed by atoms with Gasteiger partial charge in [-0.1, -0.05) is 0 Å². The summed E-state index contributed by atoms with van der Waals surface area (Å²) in [6, 6.07) is 0. The lowest BCUT2D eigenvalue weighted by molar-refractivity contribution is -0.312. The van der Waals surface area contributed by atoms with Crippen LogP contribution in [0.15, 0.2) is 0 Å². The molecule has 0 aromatic heterocycles. The summed E-state index contributed by atoms with van der Waals surface area (Å²) in [7, 11) is 0. The van der Waals surface area contributed by atoms with E-state index in [1.807, 2.05) is 0 Å². The summed E-state index contributed by atoms with van der Waals surface area (Å²) in [5.74, 6) is -0.0309. The van der Waals surface area contributed by atoms with Crippen LogP contribution in [0, 0.1) is 0 Å². The van der Waals surface area contributed by atoms with Crippen molar-refractivity contribution in [3.8, 4) is 0 Å². The molecule has 17 heavy (non-hydrogen) atoms. The highest BCUT2D eigenvalue weighted by molar-refractivity contribution is 7.80. The average molecular weight is 278 g/mol. The summed E-state index contributed by atoms with van der Waals surface area (Å²) in [6.07, 6.45) is -12.0. The standard InChI is InChI=1S/C8H13F3O5S/c9-8(10,11)2-15-7-6(14)5(13)4(12)3(1-17)16-7/h3-7,12-14,17H,1-2H2/t3-,4-,5+,6-,7-/m1/s1. The van der Waals surface area contributed by atoms with Gasteiger partial charge in [-0.05, 0) is 0 Å². The molecule has 0 amide bonds. The van der Waals surface area contributed by atoms with E-state index < -0.39 is 43.5 Å². The Hall–Kier alpha value is -0.0600. The first kappa shape index (κ1) is 15.0. The average Bonchev–Trinajstić information content (AvgIpc) is 2.24. The van der Waals surface area contributed by atoms with Crippen LogP contribution in [0.25, 0.3) is 0 Å². The molecule has 0 aromatic rings. The highest BCUT2D eigenvalue weighted by Gasteiger charge is 2.44. The molecule has 0 spiro atoms. The molecule has 1 aliphatic rings. The van der Waals surface area contributed by atoms with Gasteiger partial charge in [-0.2, -0.15) is 25.8 Å². The van der Waals surface area contributed by atoms with Gasteiger partial charge in [0.2, 0.25) is 0 Å². The van der Waals surface area contributed by atoms with Gasteiger partial charge in [-0.15, -0.1) is 0 Å². The number of halogens is 3. The minimum atomic E-state index is -4.57. The van der Waals surface area contributed by atoms with Gasteiger partial charge in [0, 0.05) is 5.75 Å². The number of ether oxygens (including phenoxy) is 2. The molecular formula is C8H13F3O5S. The lowest BCUT2D eigenvalue weighted by Gasteiger charge is -2.39. The molecule has 9 heteroatoms. The number of aliphatic hydroxyl groups excluding tert-OH is 3. The van der Waals surface area contributed by atoms with Crippen molar-refractivity contribution in [1.82, 2.24) is 0 Å². The Morgan fingerprint density at radius 3 is 2.18 bits per heavy atom. The second-order valence-electron chi connectivity index (χ2n) is 3.62. The molecule has 1 heterocycles. The van der Waals surface area contributed by atoms with E-state index in [0.717, 1.165) is 0 Å². The molecule has 1 saturated heterocycles. The third-order valence-electron chi connectivity index (χ3n) is 2.26. The number of thiol groups is 1. The monoisotopic (exact) mass is 278 g/mol. The van der Waals surface area contributed by atoms with Gasteiger partial charge < -0.3 is 24.8 Å². The van der Waals surface area contributed by atoms with Gasteiger partial charge in [0.25, 0.3) is 0 Å². The van der Waals surface area contributed by atoms with E-state index >= 15 is 0 Å². The topological polar surface area (TPSA) is 79.2 Å². The molecule has 102 valence electrons. The lowest BCUT2D eigenvalue weighted by atomic mass is 10.00. The first-order valence-electron chi connectivity index (χ1n) is 4.75. The zero-order chi connectivity index (χ0) is 13.2. The molecule has 0 aliphatic carbocycles. The van der Waals surface area contributed by atoms with Crippen LogP contribution in [-0.2, 0) is 9.47 Å². The molecule has 5 nitrogen and oxygen atoms in total. The molecule has 0 radical (unpaired) electrons. The first-order chi connectivity index (χ1) is 7.76. The summed E-state index contributed by atoms with van der Waals surface area (Å²) < 4.78 is 44.9. The maximum absolute atomic E-state index is 11.9. The second kappa shape index (κ2) is 5.72. The fraction of sp³-hybridized carbons (Fsp3) is 1.00. The quantitative estimate of drug-likeness (QED) is 0.514. The summed E-state index contributed by atoms with van der Waals surface area (Å²) in [4.78, 5) is 0. The zero-order valence-corrected chi connectivity index (χ0v) is 9.43. The van der Waals surface area contributed by atoms with E-state index in [9.17, 15) is 28.5 Å². The Morgan fingerprint density at radius 1 is 1.12 bits per heavy atom. The van der Waals surface area contributed by atoms with Gasteiger partial charge in [0.15, 0.2) is 6.29 Å². The van der Waals surface area contributed by atoms with Gasteiger partial charge >= 0.3 is 6.18 Å². The molecule has 0 bridgehead atoms. The summed E-state index contributed by atoms with van der Waals surface area (Å²) in [6.45, 7) is -1.61. The van der Waals surface area contributed by atoms with Gasteiger partial charge in [-0.3, -0.25) is 0 Å². The molecule has 5 atom stereocenters. The minimum Gasteiger partial charge on any atom is -0.388 e. The van der Waals surface area contributed by atoms with Crippen LogP contribution in [-0.4, -0.2) is 64.6 Å².